The fourth-order valence-corrected chi connectivity index (χ4v) is 3.47. The summed E-state index contributed by atoms with van der Waals surface area (Å²) in [6.45, 7) is 1.67. The van der Waals surface area contributed by atoms with E-state index in [1.54, 1.807) is 12.5 Å². The van der Waals surface area contributed by atoms with E-state index in [4.69, 9.17) is 0 Å². The first-order valence-electron chi connectivity index (χ1n) is 9.33. The standard InChI is InChI=1S/C18H24F3N5O/c19-18(20,21)17-14-5-1-2-6-15(14)26(24-17)11-3-7-16(27)23-8-4-10-25-12-9-22-13-25/h9,12-13H,1-8,10-11H2,(H,23,27). The lowest BCUT2D eigenvalue weighted by Gasteiger charge is -2.14. The van der Waals surface area contributed by atoms with Crippen LogP contribution in [0.5, 0.6) is 0 Å². The van der Waals surface area contributed by atoms with E-state index < -0.39 is 11.9 Å². The molecule has 1 amide bonds. The summed E-state index contributed by atoms with van der Waals surface area (Å²) in [5.74, 6) is -0.0855. The summed E-state index contributed by atoms with van der Waals surface area (Å²) >= 11 is 0. The Morgan fingerprint density at radius 1 is 1.19 bits per heavy atom. The number of imidazole rings is 1. The molecule has 0 aromatic carbocycles. The van der Waals surface area contributed by atoms with Crippen molar-refractivity contribution < 1.29 is 18.0 Å². The van der Waals surface area contributed by atoms with E-state index in [9.17, 15) is 18.0 Å². The normalized spacial score (nSPS) is 14.2. The lowest BCUT2D eigenvalue weighted by atomic mass is 9.95. The number of hydrogen-bond donors (Lipinski definition) is 1. The smallest absolute Gasteiger partial charge is 0.356 e. The summed E-state index contributed by atoms with van der Waals surface area (Å²) in [5, 5.41) is 6.66. The van der Waals surface area contributed by atoms with Gasteiger partial charge in [-0.25, -0.2) is 4.98 Å². The summed E-state index contributed by atoms with van der Waals surface area (Å²) < 4.78 is 42.9. The van der Waals surface area contributed by atoms with Gasteiger partial charge in [0.05, 0.1) is 6.33 Å². The summed E-state index contributed by atoms with van der Waals surface area (Å²) in [4.78, 5) is 15.9. The van der Waals surface area contributed by atoms with E-state index >= 15 is 0 Å². The fourth-order valence-electron chi connectivity index (χ4n) is 3.47. The van der Waals surface area contributed by atoms with Gasteiger partial charge in [-0.05, 0) is 38.5 Å². The van der Waals surface area contributed by atoms with E-state index in [1.165, 1.54) is 4.68 Å². The molecule has 6 nitrogen and oxygen atoms in total. The molecule has 1 aliphatic carbocycles. The molecule has 2 aromatic heterocycles. The van der Waals surface area contributed by atoms with Crippen LogP contribution in [-0.2, 0) is 36.9 Å². The first-order chi connectivity index (χ1) is 12.9. The Morgan fingerprint density at radius 2 is 2.00 bits per heavy atom. The van der Waals surface area contributed by atoms with Crippen LogP contribution in [-0.4, -0.2) is 31.8 Å². The minimum Gasteiger partial charge on any atom is -0.356 e. The van der Waals surface area contributed by atoms with Gasteiger partial charge in [0.1, 0.15) is 0 Å². The number of amides is 1. The molecular formula is C18H24F3N5O. The van der Waals surface area contributed by atoms with Crippen LogP contribution in [0.15, 0.2) is 18.7 Å². The molecule has 0 radical (unpaired) electrons. The number of carbonyl (C=O) groups excluding carboxylic acids is 1. The average Bonchev–Trinajstić information content (AvgIpc) is 3.26. The number of rotatable bonds is 8. The van der Waals surface area contributed by atoms with Crippen LogP contribution in [0.4, 0.5) is 13.2 Å². The van der Waals surface area contributed by atoms with Gasteiger partial charge in [-0.3, -0.25) is 9.48 Å². The number of nitrogens with zero attached hydrogens (tertiary/aromatic N) is 4. The van der Waals surface area contributed by atoms with Crippen molar-refractivity contribution in [2.75, 3.05) is 6.54 Å². The van der Waals surface area contributed by atoms with Crippen molar-refractivity contribution in [1.82, 2.24) is 24.6 Å². The second kappa shape index (κ2) is 8.58. The average molecular weight is 383 g/mol. The number of hydrogen-bond acceptors (Lipinski definition) is 3. The lowest BCUT2D eigenvalue weighted by Crippen LogP contribution is -2.25. The zero-order valence-corrected chi connectivity index (χ0v) is 15.1. The van der Waals surface area contributed by atoms with Gasteiger partial charge in [-0.2, -0.15) is 18.3 Å². The van der Waals surface area contributed by atoms with Gasteiger partial charge < -0.3 is 9.88 Å². The molecule has 0 saturated heterocycles. The van der Waals surface area contributed by atoms with Gasteiger partial charge in [0.15, 0.2) is 5.69 Å². The van der Waals surface area contributed by atoms with Gasteiger partial charge in [0.25, 0.3) is 0 Å². The first-order valence-corrected chi connectivity index (χ1v) is 9.33. The number of aromatic nitrogens is 4. The Hall–Kier alpha value is -2.32. The number of carbonyl (C=O) groups is 1. The monoisotopic (exact) mass is 383 g/mol. The molecule has 3 rings (SSSR count). The molecule has 0 atom stereocenters. The molecule has 148 valence electrons. The lowest BCUT2D eigenvalue weighted by molar-refractivity contribution is -0.142. The second-order valence-electron chi connectivity index (χ2n) is 6.81. The van der Waals surface area contributed by atoms with Crippen molar-refractivity contribution >= 4 is 5.91 Å². The van der Waals surface area contributed by atoms with E-state index in [2.05, 4.69) is 15.4 Å². The highest BCUT2D eigenvalue weighted by atomic mass is 19.4. The van der Waals surface area contributed by atoms with Gasteiger partial charge in [-0.15, -0.1) is 0 Å². The summed E-state index contributed by atoms with van der Waals surface area (Å²) in [5.41, 5.74) is 0.285. The predicted octanol–water partition coefficient (Wildman–Crippen LogP) is 2.96. The Balaban J connectivity index is 1.44. The van der Waals surface area contributed by atoms with Gasteiger partial charge in [0.2, 0.25) is 5.91 Å². The highest BCUT2D eigenvalue weighted by molar-refractivity contribution is 5.75. The second-order valence-corrected chi connectivity index (χ2v) is 6.81. The first kappa shape index (κ1) is 19.4. The topological polar surface area (TPSA) is 64.7 Å². The molecule has 0 saturated carbocycles. The maximum absolute atomic E-state index is 13.2. The minimum absolute atomic E-state index is 0.0855. The Morgan fingerprint density at radius 3 is 2.74 bits per heavy atom. The quantitative estimate of drug-likeness (QED) is 0.713. The van der Waals surface area contributed by atoms with Crippen LogP contribution >= 0.6 is 0 Å². The largest absolute Gasteiger partial charge is 0.435 e. The Bertz CT molecular complexity index is 752. The van der Waals surface area contributed by atoms with Crippen molar-refractivity contribution in [3.63, 3.8) is 0 Å². The molecule has 0 unspecified atom stereocenters. The summed E-state index contributed by atoms with van der Waals surface area (Å²) in [7, 11) is 0. The number of alkyl halides is 3. The number of nitrogens with one attached hydrogen (secondary N) is 1. The third-order valence-corrected chi connectivity index (χ3v) is 4.77. The molecular weight excluding hydrogens is 359 g/mol. The fraction of sp³-hybridized carbons (Fsp3) is 0.611. The van der Waals surface area contributed by atoms with Gasteiger partial charge >= 0.3 is 6.18 Å². The number of fused-ring (bicyclic) bond motifs is 1. The van der Waals surface area contributed by atoms with Crippen molar-refractivity contribution in [2.24, 2.45) is 0 Å². The predicted molar refractivity (Wildman–Crippen MR) is 93.0 cm³/mol. The molecule has 0 bridgehead atoms. The van der Waals surface area contributed by atoms with E-state index in [0.29, 0.717) is 43.6 Å². The van der Waals surface area contributed by atoms with Crippen molar-refractivity contribution in [2.45, 2.75) is 64.2 Å². The van der Waals surface area contributed by atoms with Crippen LogP contribution in [0, 0.1) is 0 Å². The molecule has 1 aliphatic rings. The van der Waals surface area contributed by atoms with E-state index in [-0.39, 0.29) is 12.3 Å². The zero-order valence-electron chi connectivity index (χ0n) is 15.1. The van der Waals surface area contributed by atoms with Crippen molar-refractivity contribution in [3.8, 4) is 0 Å². The highest BCUT2D eigenvalue weighted by Crippen LogP contribution is 2.35. The minimum atomic E-state index is -4.42. The molecule has 0 fully saturated rings. The Labute approximate surface area is 155 Å². The van der Waals surface area contributed by atoms with E-state index in [1.807, 2.05) is 10.8 Å². The van der Waals surface area contributed by atoms with Crippen molar-refractivity contribution in [3.05, 3.63) is 35.7 Å². The molecule has 2 heterocycles. The van der Waals surface area contributed by atoms with Gasteiger partial charge in [0, 0.05) is 49.7 Å². The van der Waals surface area contributed by atoms with Crippen LogP contribution in [0.3, 0.4) is 0 Å². The van der Waals surface area contributed by atoms with Crippen LogP contribution in [0.2, 0.25) is 0 Å². The molecule has 9 heteroatoms. The highest BCUT2D eigenvalue weighted by Gasteiger charge is 2.39. The Kier molecular flexibility index (Phi) is 6.18. The SMILES string of the molecule is O=C(CCCn1nc(C(F)(F)F)c2c1CCCC2)NCCCn1ccnc1. The molecule has 0 spiro atoms. The molecule has 27 heavy (non-hydrogen) atoms. The molecule has 1 N–H and O–H groups in total. The van der Waals surface area contributed by atoms with Crippen LogP contribution in [0.1, 0.15) is 49.1 Å². The summed E-state index contributed by atoms with van der Waals surface area (Å²) in [6.07, 6.45) is 5.13. The van der Waals surface area contributed by atoms with Crippen LogP contribution in [0.25, 0.3) is 0 Å². The van der Waals surface area contributed by atoms with Crippen LogP contribution < -0.4 is 5.32 Å². The molecule has 0 aliphatic heterocycles. The molecule has 2 aromatic rings. The maximum atomic E-state index is 13.2. The van der Waals surface area contributed by atoms with E-state index in [0.717, 1.165) is 25.8 Å². The number of halogens is 3. The maximum Gasteiger partial charge on any atom is 0.435 e. The third kappa shape index (κ3) is 5.11. The van der Waals surface area contributed by atoms with Gasteiger partial charge in [-0.1, -0.05) is 0 Å². The third-order valence-electron chi connectivity index (χ3n) is 4.77. The summed E-state index contributed by atoms with van der Waals surface area (Å²) in [6, 6.07) is 0. The van der Waals surface area contributed by atoms with Crippen molar-refractivity contribution in [1.29, 1.82) is 0 Å². The number of aryl methyl sites for hydroxylation is 2. The zero-order chi connectivity index (χ0) is 19.3.